The third-order valence-corrected chi connectivity index (χ3v) is 2.99. The first kappa shape index (κ1) is 12.2. The molecule has 0 radical (unpaired) electrons. The Morgan fingerprint density at radius 2 is 2.28 bits per heavy atom. The molecular weight excluding hydrogens is 234 g/mol. The molecular formula is C11H15N5O2. The van der Waals surface area contributed by atoms with Gasteiger partial charge in [-0.25, -0.2) is 4.68 Å². The molecule has 1 fully saturated rings. The minimum absolute atomic E-state index is 0.0597. The minimum atomic E-state index is -0.524. The van der Waals surface area contributed by atoms with Crippen molar-refractivity contribution in [3.05, 3.63) is 24.4 Å². The number of nitrogens with one attached hydrogen (secondary N) is 1. The van der Waals surface area contributed by atoms with Gasteiger partial charge in [0.25, 0.3) is 5.91 Å². The van der Waals surface area contributed by atoms with Crippen LogP contribution in [0.25, 0.3) is 0 Å². The van der Waals surface area contributed by atoms with Crippen molar-refractivity contribution >= 4 is 17.6 Å². The Labute approximate surface area is 104 Å². The molecule has 96 valence electrons. The van der Waals surface area contributed by atoms with E-state index in [1.165, 1.54) is 12.3 Å². The maximum atomic E-state index is 11.3. The number of carbonyl (C=O) groups excluding carboxylic acids is 2. The fraction of sp³-hybridized carbons (Fsp3) is 0.364. The zero-order chi connectivity index (χ0) is 13.3. The van der Waals surface area contributed by atoms with Crippen LogP contribution in [-0.4, -0.2) is 46.6 Å². The summed E-state index contributed by atoms with van der Waals surface area (Å²) in [6.45, 7) is 4.55. The maximum absolute atomic E-state index is 11.3. The Bertz CT molecular complexity index is 502. The Hall–Kier alpha value is -2.31. The quantitative estimate of drug-likeness (QED) is 0.709. The highest BCUT2D eigenvalue weighted by atomic mass is 16.2. The highest BCUT2D eigenvalue weighted by molar-refractivity contribution is 5.97. The van der Waals surface area contributed by atoms with Gasteiger partial charge in [0, 0.05) is 20.1 Å². The van der Waals surface area contributed by atoms with Gasteiger partial charge in [-0.3, -0.25) is 9.59 Å². The first-order chi connectivity index (χ1) is 8.58. The van der Waals surface area contributed by atoms with E-state index in [2.05, 4.69) is 17.0 Å². The summed E-state index contributed by atoms with van der Waals surface area (Å²) in [7, 11) is 1.70. The Morgan fingerprint density at radius 3 is 2.78 bits per heavy atom. The summed E-state index contributed by atoms with van der Waals surface area (Å²) in [5.41, 5.74) is 5.60. The summed E-state index contributed by atoms with van der Waals surface area (Å²) < 4.78 is 1.69. The van der Waals surface area contributed by atoms with Crippen molar-refractivity contribution in [3.8, 4) is 0 Å². The van der Waals surface area contributed by atoms with E-state index in [1.54, 1.807) is 16.6 Å². The van der Waals surface area contributed by atoms with Gasteiger partial charge in [0.1, 0.15) is 11.4 Å². The summed E-state index contributed by atoms with van der Waals surface area (Å²) in [4.78, 5) is 24.2. The average Bonchev–Trinajstić information content (AvgIpc) is 2.70. The molecule has 0 atom stereocenters. The van der Waals surface area contributed by atoms with E-state index in [9.17, 15) is 9.59 Å². The number of amides is 2. The van der Waals surface area contributed by atoms with Crippen LogP contribution in [0.3, 0.4) is 0 Å². The van der Waals surface area contributed by atoms with Crippen LogP contribution in [0, 0.1) is 0 Å². The van der Waals surface area contributed by atoms with Crippen molar-refractivity contribution in [2.75, 3.05) is 25.5 Å². The number of nitrogens with zero attached hydrogens (tertiary/aromatic N) is 3. The number of aromatic nitrogens is 2. The largest absolute Gasteiger partial charge is 0.373 e. The molecule has 1 aromatic heterocycles. The highest BCUT2D eigenvalue weighted by Gasteiger charge is 2.33. The molecule has 1 aliphatic rings. The lowest BCUT2D eigenvalue weighted by molar-refractivity contribution is -0.131. The number of primary amides is 1. The summed E-state index contributed by atoms with van der Waals surface area (Å²) >= 11 is 0. The number of rotatable bonds is 4. The molecule has 1 saturated heterocycles. The Morgan fingerprint density at radius 1 is 1.61 bits per heavy atom. The van der Waals surface area contributed by atoms with Gasteiger partial charge in [-0.15, -0.1) is 0 Å². The molecule has 2 rings (SSSR count). The normalized spacial score (nSPS) is 15.1. The lowest BCUT2D eigenvalue weighted by atomic mass is 10.1. The summed E-state index contributed by atoms with van der Waals surface area (Å²) in [6, 6.07) is 0.0597. The maximum Gasteiger partial charge on any atom is 0.254 e. The van der Waals surface area contributed by atoms with Gasteiger partial charge >= 0.3 is 0 Å². The zero-order valence-corrected chi connectivity index (χ0v) is 10.1. The fourth-order valence-corrected chi connectivity index (χ4v) is 1.99. The van der Waals surface area contributed by atoms with Crippen LogP contribution in [-0.2, 0) is 4.79 Å². The van der Waals surface area contributed by atoms with Gasteiger partial charge in [0.2, 0.25) is 5.91 Å². The number of hydrogen-bond donors (Lipinski definition) is 2. The highest BCUT2D eigenvalue weighted by Crippen LogP contribution is 2.26. The van der Waals surface area contributed by atoms with Gasteiger partial charge in [-0.05, 0) is 6.08 Å². The Balaban J connectivity index is 2.14. The predicted octanol–water partition coefficient (Wildman–Crippen LogP) is -0.407. The van der Waals surface area contributed by atoms with Gasteiger partial charge in [-0.1, -0.05) is 6.58 Å². The number of likely N-dealkylation sites (tertiary alicyclic amines) is 1. The molecule has 7 heteroatoms. The lowest BCUT2D eigenvalue weighted by Gasteiger charge is -2.39. The van der Waals surface area contributed by atoms with E-state index in [-0.39, 0.29) is 11.9 Å². The predicted molar refractivity (Wildman–Crippen MR) is 66.1 cm³/mol. The molecule has 3 N–H and O–H groups in total. The van der Waals surface area contributed by atoms with E-state index < -0.39 is 5.91 Å². The van der Waals surface area contributed by atoms with Crippen LogP contribution >= 0.6 is 0 Å². The monoisotopic (exact) mass is 249 g/mol. The molecule has 1 aliphatic heterocycles. The molecule has 0 saturated carbocycles. The van der Waals surface area contributed by atoms with Crippen molar-refractivity contribution < 1.29 is 9.59 Å². The first-order valence-corrected chi connectivity index (χ1v) is 5.55. The van der Waals surface area contributed by atoms with Crippen molar-refractivity contribution in [1.82, 2.24) is 14.7 Å². The van der Waals surface area contributed by atoms with Gasteiger partial charge < -0.3 is 16.0 Å². The van der Waals surface area contributed by atoms with Gasteiger partial charge in [0.15, 0.2) is 0 Å². The molecule has 0 aromatic carbocycles. The molecule has 0 spiro atoms. The summed E-state index contributed by atoms with van der Waals surface area (Å²) in [5.74, 6) is -0.0401. The van der Waals surface area contributed by atoms with Gasteiger partial charge in [-0.2, -0.15) is 5.10 Å². The van der Waals surface area contributed by atoms with Crippen molar-refractivity contribution in [2.45, 2.75) is 6.04 Å². The molecule has 0 aliphatic carbocycles. The number of carbonyl (C=O) groups is 2. The van der Waals surface area contributed by atoms with Crippen molar-refractivity contribution in [2.24, 2.45) is 5.73 Å². The number of hydrogen-bond acceptors (Lipinski definition) is 4. The molecule has 7 nitrogen and oxygen atoms in total. The van der Waals surface area contributed by atoms with E-state index in [4.69, 9.17) is 5.73 Å². The van der Waals surface area contributed by atoms with Crippen LogP contribution in [0.15, 0.2) is 18.9 Å². The molecule has 2 amide bonds. The van der Waals surface area contributed by atoms with E-state index in [0.717, 1.165) is 0 Å². The number of nitrogens with two attached hydrogens (primary N) is 1. The van der Waals surface area contributed by atoms with Crippen LogP contribution in [0.5, 0.6) is 0 Å². The van der Waals surface area contributed by atoms with Crippen LogP contribution in [0.4, 0.5) is 5.82 Å². The van der Waals surface area contributed by atoms with E-state index in [1.807, 2.05) is 0 Å². The second-order valence-electron chi connectivity index (χ2n) is 4.07. The smallest absolute Gasteiger partial charge is 0.254 e. The topological polar surface area (TPSA) is 93.2 Å². The summed E-state index contributed by atoms with van der Waals surface area (Å²) in [6.07, 6.45) is 2.72. The lowest BCUT2D eigenvalue weighted by Crippen LogP contribution is -2.50. The second-order valence-corrected chi connectivity index (χ2v) is 4.07. The molecule has 0 bridgehead atoms. The molecule has 0 unspecified atom stereocenters. The Kier molecular flexibility index (Phi) is 3.05. The third-order valence-electron chi connectivity index (χ3n) is 2.99. The SMILES string of the molecule is C=CC(=O)N1CC(n2ncc(C(N)=O)c2NC)C1. The van der Waals surface area contributed by atoms with E-state index >= 15 is 0 Å². The third kappa shape index (κ3) is 1.83. The molecule has 2 heterocycles. The molecule has 18 heavy (non-hydrogen) atoms. The standard InChI is InChI=1S/C11H15N5O2/c1-3-9(17)15-5-7(6-15)16-11(13-2)8(4-14-16)10(12)18/h3-4,7,13H,1,5-6H2,2H3,(H2,12,18). The van der Waals surface area contributed by atoms with Gasteiger partial charge in [0.05, 0.1) is 12.2 Å². The zero-order valence-electron chi connectivity index (χ0n) is 10.1. The average molecular weight is 249 g/mol. The van der Waals surface area contributed by atoms with E-state index in [0.29, 0.717) is 24.5 Å². The molecule has 1 aromatic rings. The van der Waals surface area contributed by atoms with Crippen molar-refractivity contribution in [1.29, 1.82) is 0 Å². The van der Waals surface area contributed by atoms with Crippen molar-refractivity contribution in [3.63, 3.8) is 0 Å². The number of anilines is 1. The fourth-order valence-electron chi connectivity index (χ4n) is 1.99. The minimum Gasteiger partial charge on any atom is -0.373 e. The van der Waals surface area contributed by atoms with Crippen LogP contribution in [0.1, 0.15) is 16.4 Å². The van der Waals surface area contributed by atoms with Crippen LogP contribution < -0.4 is 11.1 Å². The summed E-state index contributed by atoms with van der Waals surface area (Å²) in [5, 5.41) is 7.05. The first-order valence-electron chi connectivity index (χ1n) is 5.55. The second kappa shape index (κ2) is 4.52. The van der Waals surface area contributed by atoms with Crippen LogP contribution in [0.2, 0.25) is 0 Å².